The first-order chi connectivity index (χ1) is 27.5. The Morgan fingerprint density at radius 3 is 1.53 bits per heavy atom. The van der Waals surface area contributed by atoms with Gasteiger partial charge in [0.25, 0.3) is 0 Å². The molecule has 0 aromatic heterocycles. The van der Waals surface area contributed by atoms with Crippen molar-refractivity contribution in [2.75, 3.05) is 26.2 Å². The summed E-state index contributed by atoms with van der Waals surface area (Å²) in [6, 6.07) is 0. The summed E-state index contributed by atoms with van der Waals surface area (Å²) in [6.07, 6.45) is 32.4. The van der Waals surface area contributed by atoms with Crippen LogP contribution >= 0.6 is 0 Å². The van der Waals surface area contributed by atoms with Crippen LogP contribution in [0.25, 0.3) is 0 Å². The maximum absolute atomic E-state index is 13.4. The average Bonchev–Trinajstić information content (AvgIpc) is 3.20. The van der Waals surface area contributed by atoms with Gasteiger partial charge in [-0.3, -0.25) is 4.79 Å². The van der Waals surface area contributed by atoms with Crippen LogP contribution in [0.4, 0.5) is 0 Å². The van der Waals surface area contributed by atoms with Crippen LogP contribution in [0, 0.1) is 17.8 Å². The summed E-state index contributed by atoms with van der Waals surface area (Å²) in [5.74, 6) is 0.815. The Labute approximate surface area is 351 Å². The van der Waals surface area contributed by atoms with Gasteiger partial charge in [0.1, 0.15) is 11.2 Å². The minimum atomic E-state index is -1.04. The second kappa shape index (κ2) is 31.6. The summed E-state index contributed by atoms with van der Waals surface area (Å²) in [7, 11) is 0. The van der Waals surface area contributed by atoms with E-state index in [0.29, 0.717) is 30.6 Å². The molecular formula is C49H94N2O6. The number of unbranched alkanes of at least 4 members (excludes halogenated alkanes) is 16. The van der Waals surface area contributed by atoms with Gasteiger partial charge in [-0.15, -0.1) is 0 Å². The van der Waals surface area contributed by atoms with E-state index in [1.165, 1.54) is 89.9 Å². The minimum absolute atomic E-state index is 0.00230. The first-order valence-electron chi connectivity index (χ1n) is 24.7. The Morgan fingerprint density at radius 1 is 0.561 bits per heavy atom. The van der Waals surface area contributed by atoms with Gasteiger partial charge in [-0.2, -0.15) is 0 Å². The Morgan fingerprint density at radius 2 is 0.982 bits per heavy atom. The summed E-state index contributed by atoms with van der Waals surface area (Å²) >= 11 is 0. The Balaban J connectivity index is 1.71. The molecule has 4 atom stereocenters. The number of ether oxygens (including phenoxy) is 2. The van der Waals surface area contributed by atoms with E-state index < -0.39 is 23.3 Å². The minimum Gasteiger partial charge on any atom is -0.459 e. The van der Waals surface area contributed by atoms with Crippen LogP contribution in [0.5, 0.6) is 0 Å². The molecule has 0 bridgehead atoms. The lowest BCUT2D eigenvalue weighted by Gasteiger charge is -2.42. The molecule has 8 nitrogen and oxygen atoms in total. The van der Waals surface area contributed by atoms with E-state index >= 15 is 0 Å². The lowest BCUT2D eigenvalue weighted by Crippen LogP contribution is -2.46. The van der Waals surface area contributed by atoms with Crippen molar-refractivity contribution < 1.29 is 29.3 Å². The van der Waals surface area contributed by atoms with E-state index in [4.69, 9.17) is 9.47 Å². The average molecular weight is 807 g/mol. The molecule has 336 valence electrons. The highest BCUT2D eigenvalue weighted by molar-refractivity contribution is 5.74. The summed E-state index contributed by atoms with van der Waals surface area (Å²) < 4.78 is 12.4. The third-order valence-corrected chi connectivity index (χ3v) is 13.6. The third kappa shape index (κ3) is 24.0. The second-order valence-electron chi connectivity index (χ2n) is 19.2. The van der Waals surface area contributed by atoms with Gasteiger partial charge in [0.05, 0.1) is 6.10 Å². The first kappa shape index (κ1) is 51.9. The van der Waals surface area contributed by atoms with Gasteiger partial charge in [0.2, 0.25) is 0 Å². The van der Waals surface area contributed by atoms with Crippen LogP contribution in [0.3, 0.4) is 0 Å². The highest BCUT2D eigenvalue weighted by atomic mass is 16.6. The number of nitrogens with one attached hydrogen (secondary N) is 2. The van der Waals surface area contributed by atoms with E-state index in [1.54, 1.807) is 0 Å². The van der Waals surface area contributed by atoms with Gasteiger partial charge in [0.15, 0.2) is 6.10 Å². The van der Waals surface area contributed by atoms with E-state index in [2.05, 4.69) is 31.4 Å². The van der Waals surface area contributed by atoms with Crippen LogP contribution in [0.1, 0.15) is 234 Å². The number of hydrogen-bond donors (Lipinski definition) is 4. The smallest absolute Gasteiger partial charge is 0.335 e. The van der Waals surface area contributed by atoms with Crippen molar-refractivity contribution >= 4 is 11.9 Å². The summed E-state index contributed by atoms with van der Waals surface area (Å²) in [5, 5.41) is 27.7. The third-order valence-electron chi connectivity index (χ3n) is 13.6. The van der Waals surface area contributed by atoms with Crippen molar-refractivity contribution in [3.05, 3.63) is 0 Å². The number of hydrogen-bond acceptors (Lipinski definition) is 8. The zero-order valence-electron chi connectivity index (χ0n) is 38.2. The fourth-order valence-corrected chi connectivity index (χ4v) is 9.65. The number of aliphatic hydroxyl groups is 2. The van der Waals surface area contributed by atoms with Crippen molar-refractivity contribution in [1.82, 2.24) is 10.6 Å². The quantitative estimate of drug-likeness (QED) is 0.0369. The zero-order valence-corrected chi connectivity index (χ0v) is 38.2. The molecular weight excluding hydrogens is 713 g/mol. The molecule has 8 heteroatoms. The number of piperidine rings is 2. The second-order valence-corrected chi connectivity index (χ2v) is 19.2. The molecule has 0 aliphatic carbocycles. The van der Waals surface area contributed by atoms with Crippen molar-refractivity contribution in [2.24, 2.45) is 17.8 Å². The van der Waals surface area contributed by atoms with Gasteiger partial charge >= 0.3 is 11.9 Å². The van der Waals surface area contributed by atoms with Crippen LogP contribution in [0.15, 0.2) is 0 Å². The molecule has 0 aromatic carbocycles. The first-order valence-corrected chi connectivity index (χ1v) is 24.7. The van der Waals surface area contributed by atoms with Gasteiger partial charge in [-0.25, -0.2) is 4.79 Å². The van der Waals surface area contributed by atoms with Crippen LogP contribution in [0.2, 0.25) is 0 Å². The topological polar surface area (TPSA) is 117 Å². The molecule has 2 heterocycles. The van der Waals surface area contributed by atoms with Gasteiger partial charge < -0.3 is 30.3 Å². The van der Waals surface area contributed by atoms with E-state index in [9.17, 15) is 19.8 Å². The fraction of sp³-hybridized carbons (Fsp3) is 0.959. The Hall–Kier alpha value is -1.22. The van der Waals surface area contributed by atoms with Gasteiger partial charge in [-0.1, -0.05) is 149 Å². The summed E-state index contributed by atoms with van der Waals surface area (Å²) in [5.41, 5.74) is -0.956. The number of carbonyl (C=O) groups is 2. The molecule has 0 saturated carbocycles. The molecule has 4 unspecified atom stereocenters. The van der Waals surface area contributed by atoms with Gasteiger partial charge in [-0.05, 0) is 111 Å². The number of aliphatic hydroxyl groups excluding tert-OH is 2. The Bertz CT molecular complexity index is 996. The molecule has 57 heavy (non-hydrogen) atoms. The summed E-state index contributed by atoms with van der Waals surface area (Å²) in [6.45, 7) is 14.6. The lowest BCUT2D eigenvalue weighted by molar-refractivity contribution is -0.173. The molecule has 0 radical (unpaired) electrons. The van der Waals surface area contributed by atoms with E-state index in [1.807, 2.05) is 13.8 Å². The summed E-state index contributed by atoms with van der Waals surface area (Å²) in [4.78, 5) is 26.1. The molecule has 2 aliphatic rings. The predicted octanol–water partition coefficient (Wildman–Crippen LogP) is 11.5. The van der Waals surface area contributed by atoms with Crippen LogP contribution in [-0.4, -0.2) is 71.7 Å². The van der Waals surface area contributed by atoms with Crippen molar-refractivity contribution in [1.29, 1.82) is 0 Å². The van der Waals surface area contributed by atoms with E-state index in [-0.39, 0.29) is 12.1 Å². The number of esters is 2. The highest BCUT2D eigenvalue weighted by Gasteiger charge is 2.40. The predicted molar refractivity (Wildman–Crippen MR) is 237 cm³/mol. The molecule has 0 amide bonds. The fourth-order valence-electron chi connectivity index (χ4n) is 9.65. The lowest BCUT2D eigenvalue weighted by atomic mass is 9.74. The number of carbonyl (C=O) groups excluding carboxylic acids is 2. The molecule has 0 spiro atoms. The maximum atomic E-state index is 13.4. The van der Waals surface area contributed by atoms with Crippen molar-refractivity contribution in [2.45, 2.75) is 257 Å². The standard InChI is InChI=1S/C49H94N2O6/c1-6-8-10-22-28-44(52)29-23-17-13-11-12-14-19-25-31-46(54)56-49(5,43-34-38-51-39-35-43)40-41(26-20-9-7-2)27-21-16-15-18-24-30-45(53)47(55)57-48(3,4)42-32-36-50-37-33-42/h41-45,50-53H,6-40H2,1-5H3. The van der Waals surface area contributed by atoms with Crippen molar-refractivity contribution in [3.8, 4) is 0 Å². The maximum Gasteiger partial charge on any atom is 0.335 e. The molecule has 2 aliphatic heterocycles. The monoisotopic (exact) mass is 807 g/mol. The van der Waals surface area contributed by atoms with Crippen LogP contribution < -0.4 is 10.6 Å². The molecule has 2 saturated heterocycles. The largest absolute Gasteiger partial charge is 0.459 e. The Kier molecular flexibility index (Phi) is 28.8. The molecule has 2 fully saturated rings. The molecule has 2 rings (SSSR count). The highest BCUT2D eigenvalue weighted by Crippen LogP contribution is 2.38. The van der Waals surface area contributed by atoms with Crippen LogP contribution in [-0.2, 0) is 19.1 Å². The SMILES string of the molecule is CCCCCCC(O)CCCCCCCCCCC(=O)OC(C)(CC(CCCCC)CCCCCCCC(O)C(=O)OC(C)(C)C1CCNCC1)C1CCNCC1. The molecule has 0 aromatic rings. The van der Waals surface area contributed by atoms with E-state index in [0.717, 1.165) is 122 Å². The number of rotatable bonds is 35. The normalized spacial score (nSPS) is 18.5. The van der Waals surface area contributed by atoms with Crippen molar-refractivity contribution in [3.63, 3.8) is 0 Å². The zero-order chi connectivity index (χ0) is 41.6. The molecule has 4 N–H and O–H groups in total. The van der Waals surface area contributed by atoms with Gasteiger partial charge in [0, 0.05) is 18.3 Å².